The van der Waals surface area contributed by atoms with E-state index in [2.05, 4.69) is 20.2 Å². The third-order valence-electron chi connectivity index (χ3n) is 5.00. The lowest BCUT2D eigenvalue weighted by atomic mass is 10.3. The number of rotatable bonds is 6. The van der Waals surface area contributed by atoms with Crippen molar-refractivity contribution in [3.63, 3.8) is 0 Å². The average Bonchev–Trinajstić information content (AvgIpc) is 3.10. The number of fused-ring (bicyclic) bond motifs is 1. The Morgan fingerprint density at radius 2 is 1.86 bits per heavy atom. The smallest absolute Gasteiger partial charge is 0.229 e. The number of anilines is 3. The van der Waals surface area contributed by atoms with Crippen LogP contribution in [0.3, 0.4) is 0 Å². The number of nitrogens with one attached hydrogen (secondary N) is 1. The van der Waals surface area contributed by atoms with Crippen molar-refractivity contribution < 1.29 is 9.84 Å². The summed E-state index contributed by atoms with van der Waals surface area (Å²) in [6.45, 7) is 4.31. The van der Waals surface area contributed by atoms with E-state index >= 15 is 0 Å². The third-order valence-corrected chi connectivity index (χ3v) is 5.00. The van der Waals surface area contributed by atoms with E-state index in [1.165, 1.54) is 0 Å². The molecule has 0 amide bonds. The zero-order valence-electron chi connectivity index (χ0n) is 16.2. The van der Waals surface area contributed by atoms with Crippen molar-refractivity contribution in [2.45, 2.75) is 0 Å². The molecule has 0 spiro atoms. The Morgan fingerprint density at radius 1 is 1.11 bits per heavy atom. The highest BCUT2D eigenvalue weighted by molar-refractivity contribution is 5.89. The SMILES string of the molecule is COc1ccc(Nc2nc(N3CCN(CCO)CC3)nc3c2cnn3C)cc1. The van der Waals surface area contributed by atoms with Gasteiger partial charge in [-0.2, -0.15) is 15.1 Å². The maximum atomic E-state index is 9.13. The van der Waals surface area contributed by atoms with Crippen molar-refractivity contribution in [2.24, 2.45) is 7.05 Å². The van der Waals surface area contributed by atoms with E-state index in [1.807, 2.05) is 31.3 Å². The Morgan fingerprint density at radius 3 is 2.54 bits per heavy atom. The lowest BCUT2D eigenvalue weighted by molar-refractivity contribution is 0.188. The summed E-state index contributed by atoms with van der Waals surface area (Å²) in [6, 6.07) is 7.73. The minimum Gasteiger partial charge on any atom is -0.497 e. The van der Waals surface area contributed by atoms with Gasteiger partial charge in [0.1, 0.15) is 11.6 Å². The standard InChI is InChI=1S/C19H25N7O2/c1-24-18-16(13-20-24)17(21-14-3-5-15(28-2)6-4-14)22-19(23-18)26-9-7-25(8-10-26)11-12-27/h3-6,13,27H,7-12H2,1-2H3,(H,21,22,23). The van der Waals surface area contributed by atoms with Crippen molar-refractivity contribution in [1.29, 1.82) is 0 Å². The number of aromatic nitrogens is 4. The van der Waals surface area contributed by atoms with Crippen LogP contribution in [0.2, 0.25) is 0 Å². The van der Waals surface area contributed by atoms with E-state index in [0.29, 0.717) is 12.5 Å². The van der Waals surface area contributed by atoms with Crippen LogP contribution in [0.25, 0.3) is 11.0 Å². The van der Waals surface area contributed by atoms with Gasteiger partial charge in [-0.1, -0.05) is 0 Å². The van der Waals surface area contributed by atoms with Gasteiger partial charge in [0.2, 0.25) is 5.95 Å². The Labute approximate surface area is 163 Å². The molecule has 0 aliphatic carbocycles. The molecule has 9 nitrogen and oxygen atoms in total. The zero-order chi connectivity index (χ0) is 19.5. The number of β-amino-alcohol motifs (C(OH)–C–C–N with tert-alkyl or cyclic N) is 1. The van der Waals surface area contributed by atoms with Gasteiger partial charge in [-0.05, 0) is 24.3 Å². The fourth-order valence-electron chi connectivity index (χ4n) is 3.37. The van der Waals surface area contributed by atoms with E-state index in [-0.39, 0.29) is 6.61 Å². The predicted octanol–water partition coefficient (Wildman–Crippen LogP) is 1.23. The minimum atomic E-state index is 0.188. The maximum absolute atomic E-state index is 9.13. The molecule has 1 aliphatic rings. The predicted molar refractivity (Wildman–Crippen MR) is 108 cm³/mol. The van der Waals surface area contributed by atoms with Crippen molar-refractivity contribution >= 4 is 28.5 Å². The first kappa shape index (κ1) is 18.5. The third kappa shape index (κ3) is 3.71. The van der Waals surface area contributed by atoms with Gasteiger partial charge in [-0.25, -0.2) is 0 Å². The fraction of sp³-hybridized carbons (Fsp3) is 0.421. The van der Waals surface area contributed by atoms with E-state index in [4.69, 9.17) is 19.8 Å². The summed E-state index contributed by atoms with van der Waals surface area (Å²) in [4.78, 5) is 14.0. The van der Waals surface area contributed by atoms with Crippen LogP contribution < -0.4 is 15.0 Å². The highest BCUT2D eigenvalue weighted by Crippen LogP contribution is 2.27. The number of ether oxygens (including phenoxy) is 1. The number of aliphatic hydroxyl groups is 1. The number of piperazine rings is 1. The number of hydrogen-bond acceptors (Lipinski definition) is 8. The number of hydrogen-bond donors (Lipinski definition) is 2. The molecule has 1 saturated heterocycles. The van der Waals surface area contributed by atoms with Crippen LogP contribution in [0, 0.1) is 0 Å². The molecule has 3 heterocycles. The molecule has 1 fully saturated rings. The molecule has 0 radical (unpaired) electrons. The van der Waals surface area contributed by atoms with Crippen molar-refractivity contribution in [2.75, 3.05) is 56.7 Å². The van der Waals surface area contributed by atoms with Gasteiger partial charge in [-0.15, -0.1) is 0 Å². The molecule has 0 unspecified atom stereocenters. The first-order chi connectivity index (χ1) is 13.7. The molecule has 148 valence electrons. The molecule has 0 atom stereocenters. The Hall–Kier alpha value is -2.91. The summed E-state index contributed by atoms with van der Waals surface area (Å²) in [6.07, 6.45) is 1.78. The van der Waals surface area contributed by atoms with Crippen LogP contribution in [0.5, 0.6) is 5.75 Å². The summed E-state index contributed by atoms with van der Waals surface area (Å²) >= 11 is 0. The molecule has 3 aromatic rings. The molecule has 1 aliphatic heterocycles. The van der Waals surface area contributed by atoms with Gasteiger partial charge in [0.05, 0.1) is 25.3 Å². The lowest BCUT2D eigenvalue weighted by Crippen LogP contribution is -2.47. The van der Waals surface area contributed by atoms with Gasteiger partial charge >= 0.3 is 0 Å². The van der Waals surface area contributed by atoms with Crippen molar-refractivity contribution in [3.05, 3.63) is 30.5 Å². The topological polar surface area (TPSA) is 91.6 Å². The highest BCUT2D eigenvalue weighted by atomic mass is 16.5. The second kappa shape index (κ2) is 7.99. The van der Waals surface area contributed by atoms with Crippen LogP contribution in [0.15, 0.2) is 30.5 Å². The first-order valence-electron chi connectivity index (χ1n) is 9.37. The van der Waals surface area contributed by atoms with E-state index < -0.39 is 0 Å². The summed E-state index contributed by atoms with van der Waals surface area (Å²) in [5, 5.41) is 17.7. The Bertz CT molecular complexity index is 933. The fourth-order valence-corrected chi connectivity index (χ4v) is 3.37. The highest BCUT2D eigenvalue weighted by Gasteiger charge is 2.21. The Kier molecular flexibility index (Phi) is 5.27. The summed E-state index contributed by atoms with van der Waals surface area (Å²) < 4.78 is 6.99. The molecule has 2 aromatic heterocycles. The molecule has 2 N–H and O–H groups in total. The first-order valence-corrected chi connectivity index (χ1v) is 9.37. The van der Waals surface area contributed by atoms with E-state index in [9.17, 15) is 0 Å². The van der Waals surface area contributed by atoms with Gasteiger partial charge in [-0.3, -0.25) is 9.58 Å². The van der Waals surface area contributed by atoms with Gasteiger partial charge in [0.25, 0.3) is 0 Å². The zero-order valence-corrected chi connectivity index (χ0v) is 16.2. The van der Waals surface area contributed by atoms with Crippen LogP contribution in [0.1, 0.15) is 0 Å². The van der Waals surface area contributed by atoms with Crippen molar-refractivity contribution in [3.8, 4) is 5.75 Å². The quantitative estimate of drug-likeness (QED) is 0.657. The van der Waals surface area contributed by atoms with Gasteiger partial charge in [0.15, 0.2) is 5.65 Å². The normalized spacial score (nSPS) is 15.2. The van der Waals surface area contributed by atoms with Gasteiger partial charge in [0, 0.05) is 45.5 Å². The summed E-state index contributed by atoms with van der Waals surface area (Å²) in [7, 11) is 3.54. The largest absolute Gasteiger partial charge is 0.497 e. The minimum absolute atomic E-state index is 0.188. The molecule has 0 saturated carbocycles. The van der Waals surface area contributed by atoms with Gasteiger partial charge < -0.3 is 20.1 Å². The summed E-state index contributed by atoms with van der Waals surface area (Å²) in [5.74, 6) is 2.23. The van der Waals surface area contributed by atoms with Crippen LogP contribution in [0.4, 0.5) is 17.5 Å². The number of benzene rings is 1. The molecular weight excluding hydrogens is 358 g/mol. The summed E-state index contributed by atoms with van der Waals surface area (Å²) in [5.41, 5.74) is 1.71. The molecule has 28 heavy (non-hydrogen) atoms. The van der Waals surface area contributed by atoms with Crippen LogP contribution in [-0.2, 0) is 7.05 Å². The number of nitrogens with zero attached hydrogens (tertiary/aromatic N) is 6. The van der Waals surface area contributed by atoms with Crippen molar-refractivity contribution in [1.82, 2.24) is 24.6 Å². The van der Waals surface area contributed by atoms with E-state index in [1.54, 1.807) is 18.0 Å². The second-order valence-corrected chi connectivity index (χ2v) is 6.78. The van der Waals surface area contributed by atoms with E-state index in [0.717, 1.165) is 54.5 Å². The molecule has 9 heteroatoms. The Balaban J connectivity index is 1.62. The maximum Gasteiger partial charge on any atom is 0.229 e. The second-order valence-electron chi connectivity index (χ2n) is 6.78. The monoisotopic (exact) mass is 383 g/mol. The molecule has 0 bridgehead atoms. The average molecular weight is 383 g/mol. The molecule has 4 rings (SSSR count). The van der Waals surface area contributed by atoms with Crippen LogP contribution >= 0.6 is 0 Å². The molecular formula is C19H25N7O2. The number of methoxy groups -OCH3 is 1. The van der Waals surface area contributed by atoms with Crippen LogP contribution in [-0.4, -0.2) is 76.2 Å². The lowest BCUT2D eigenvalue weighted by Gasteiger charge is -2.34. The number of aryl methyl sites for hydroxylation is 1. The molecule has 1 aromatic carbocycles. The number of aliphatic hydroxyl groups excluding tert-OH is 1.